The van der Waals surface area contributed by atoms with Gasteiger partial charge in [-0.2, -0.15) is 0 Å². The van der Waals surface area contributed by atoms with E-state index in [2.05, 4.69) is 26.1 Å². The highest BCUT2D eigenvalue weighted by Crippen LogP contribution is 2.28. The van der Waals surface area contributed by atoms with Crippen molar-refractivity contribution >= 4 is 17.6 Å². The van der Waals surface area contributed by atoms with Crippen LogP contribution in [0.1, 0.15) is 62.0 Å². The van der Waals surface area contributed by atoms with Crippen molar-refractivity contribution in [2.45, 2.75) is 52.4 Å². The van der Waals surface area contributed by atoms with Crippen molar-refractivity contribution in [2.75, 3.05) is 11.9 Å². The number of carbonyl (C=O) groups is 2. The molecule has 0 spiro atoms. The van der Waals surface area contributed by atoms with Crippen molar-refractivity contribution in [2.24, 2.45) is 0 Å². The molecule has 5 nitrogen and oxygen atoms in total. The number of hydrogen-bond acceptors (Lipinski definition) is 3. The van der Waals surface area contributed by atoms with Gasteiger partial charge < -0.3 is 15.2 Å². The zero-order valence-electron chi connectivity index (χ0n) is 17.0. The second kappa shape index (κ2) is 9.40. The fraction of sp³-hybridized carbons (Fsp3) is 0.391. The Morgan fingerprint density at radius 3 is 2.32 bits per heavy atom. The van der Waals surface area contributed by atoms with Gasteiger partial charge in [-0.25, -0.2) is 0 Å². The number of nitrogens with one attached hydrogen (secondary N) is 1. The smallest absolute Gasteiger partial charge is 0.303 e. The van der Waals surface area contributed by atoms with Gasteiger partial charge in [0, 0.05) is 12.0 Å². The van der Waals surface area contributed by atoms with Crippen LogP contribution in [0.4, 0.5) is 5.69 Å². The molecule has 0 aliphatic heterocycles. The first-order valence-electron chi connectivity index (χ1n) is 9.60. The number of rotatable bonds is 8. The minimum Gasteiger partial charge on any atom is -0.491 e. The summed E-state index contributed by atoms with van der Waals surface area (Å²) in [6, 6.07) is 13.0. The van der Waals surface area contributed by atoms with Gasteiger partial charge in [0.15, 0.2) is 0 Å². The summed E-state index contributed by atoms with van der Waals surface area (Å²) in [6.45, 7) is 8.93. The summed E-state index contributed by atoms with van der Waals surface area (Å²) in [4.78, 5) is 23.5. The minimum atomic E-state index is -0.851. The summed E-state index contributed by atoms with van der Waals surface area (Å²) < 4.78 is 5.74. The summed E-state index contributed by atoms with van der Waals surface area (Å²) in [7, 11) is 0. The van der Waals surface area contributed by atoms with Gasteiger partial charge in [-0.15, -0.1) is 0 Å². The van der Waals surface area contributed by atoms with Crippen molar-refractivity contribution < 1.29 is 19.4 Å². The van der Waals surface area contributed by atoms with Crippen molar-refractivity contribution in [3.63, 3.8) is 0 Å². The van der Waals surface area contributed by atoms with Crippen LogP contribution in [0.15, 0.2) is 42.5 Å². The number of carboxylic acids is 1. The number of ether oxygens (including phenoxy) is 1. The number of amides is 1. The molecule has 0 aromatic heterocycles. The number of carboxylic acid groups (broad SMARTS) is 1. The number of benzene rings is 2. The lowest BCUT2D eigenvalue weighted by molar-refractivity contribution is -0.136. The minimum absolute atomic E-state index is 0.0225. The average Bonchev–Trinajstić information content (AvgIpc) is 2.65. The summed E-state index contributed by atoms with van der Waals surface area (Å²) >= 11 is 0. The van der Waals surface area contributed by atoms with Gasteiger partial charge in [0.1, 0.15) is 5.75 Å². The van der Waals surface area contributed by atoms with Gasteiger partial charge in [-0.1, -0.05) is 45.9 Å². The number of anilines is 1. The third-order valence-corrected chi connectivity index (χ3v) is 4.39. The van der Waals surface area contributed by atoms with Crippen LogP contribution < -0.4 is 10.1 Å². The highest BCUT2D eigenvalue weighted by atomic mass is 16.5. The summed E-state index contributed by atoms with van der Waals surface area (Å²) in [6.07, 6.45) is 1.28. The Morgan fingerprint density at radius 1 is 1.07 bits per heavy atom. The lowest BCUT2D eigenvalue weighted by atomic mass is 9.87. The Bertz CT molecular complexity index is 819. The summed E-state index contributed by atoms with van der Waals surface area (Å²) in [5, 5.41) is 11.8. The molecule has 0 aliphatic carbocycles. The van der Waals surface area contributed by atoms with Crippen LogP contribution in [0.5, 0.6) is 5.75 Å². The molecule has 0 unspecified atom stereocenters. The lowest BCUT2D eigenvalue weighted by Crippen LogP contribution is -2.15. The predicted octanol–water partition coefficient (Wildman–Crippen LogP) is 5.04. The largest absolute Gasteiger partial charge is 0.491 e. The van der Waals surface area contributed by atoms with Gasteiger partial charge in [0.05, 0.1) is 12.3 Å². The maximum Gasteiger partial charge on any atom is 0.303 e. The first-order valence-corrected chi connectivity index (χ1v) is 9.60. The Kier molecular flexibility index (Phi) is 7.21. The van der Waals surface area contributed by atoms with E-state index in [-0.39, 0.29) is 17.7 Å². The molecule has 2 aromatic carbocycles. The van der Waals surface area contributed by atoms with Crippen LogP contribution in [0.3, 0.4) is 0 Å². The second-order valence-electron chi connectivity index (χ2n) is 7.85. The van der Waals surface area contributed by atoms with Crippen LogP contribution in [0.2, 0.25) is 0 Å². The molecule has 2 aromatic rings. The van der Waals surface area contributed by atoms with Crippen molar-refractivity contribution in [1.29, 1.82) is 0 Å². The molecule has 0 aliphatic rings. The Hall–Kier alpha value is -2.82. The first kappa shape index (κ1) is 21.5. The molecule has 2 rings (SSSR count). The van der Waals surface area contributed by atoms with E-state index < -0.39 is 5.97 Å². The summed E-state index contributed by atoms with van der Waals surface area (Å²) in [5.41, 5.74) is 3.14. The average molecular weight is 383 g/mol. The third kappa shape index (κ3) is 6.12. The van der Waals surface area contributed by atoms with E-state index in [1.807, 2.05) is 37.3 Å². The fourth-order valence-corrected chi connectivity index (χ4v) is 2.74. The van der Waals surface area contributed by atoms with E-state index in [1.165, 1.54) is 0 Å². The Labute approximate surface area is 166 Å². The molecule has 150 valence electrons. The van der Waals surface area contributed by atoms with E-state index in [0.717, 1.165) is 17.5 Å². The van der Waals surface area contributed by atoms with Crippen LogP contribution in [-0.2, 0) is 16.6 Å². The van der Waals surface area contributed by atoms with Gasteiger partial charge in [0.25, 0.3) is 5.91 Å². The zero-order valence-corrected chi connectivity index (χ0v) is 17.0. The number of hydrogen-bond donors (Lipinski definition) is 2. The molecule has 2 N–H and O–H groups in total. The third-order valence-electron chi connectivity index (χ3n) is 4.39. The summed E-state index contributed by atoms with van der Waals surface area (Å²) in [5.74, 6) is -0.492. The van der Waals surface area contributed by atoms with Gasteiger partial charge in [-0.05, 0) is 53.6 Å². The van der Waals surface area contributed by atoms with Crippen LogP contribution in [0, 0.1) is 0 Å². The molecule has 0 bridgehead atoms. The Morgan fingerprint density at radius 2 is 1.75 bits per heavy atom. The molecular weight excluding hydrogens is 354 g/mol. The van der Waals surface area contributed by atoms with E-state index in [4.69, 9.17) is 9.84 Å². The van der Waals surface area contributed by atoms with Gasteiger partial charge in [0.2, 0.25) is 0 Å². The van der Waals surface area contributed by atoms with E-state index >= 15 is 0 Å². The molecule has 5 heteroatoms. The highest BCUT2D eigenvalue weighted by molar-refractivity contribution is 6.05. The van der Waals surface area contributed by atoms with E-state index in [9.17, 15) is 9.59 Å². The number of aliphatic carboxylic acids is 1. The number of carbonyl (C=O) groups excluding carboxylic acids is 1. The van der Waals surface area contributed by atoms with Crippen molar-refractivity contribution in [1.82, 2.24) is 0 Å². The Balaban J connectivity index is 2.22. The highest BCUT2D eigenvalue weighted by Gasteiger charge is 2.15. The van der Waals surface area contributed by atoms with Crippen LogP contribution in [-0.4, -0.2) is 23.6 Å². The lowest BCUT2D eigenvalue weighted by Gasteiger charge is -2.19. The first-order chi connectivity index (χ1) is 13.2. The van der Waals surface area contributed by atoms with E-state index in [0.29, 0.717) is 30.0 Å². The van der Waals surface area contributed by atoms with Crippen LogP contribution >= 0.6 is 0 Å². The zero-order chi connectivity index (χ0) is 20.7. The molecule has 0 atom stereocenters. The van der Waals surface area contributed by atoms with E-state index in [1.54, 1.807) is 12.1 Å². The standard InChI is InChI=1S/C23H29NO4/c1-5-14-28-20-12-6-16(7-13-21(25)26)15-19(20)24-22(27)17-8-10-18(11-9-17)23(2,3)4/h6,8-12,15H,5,7,13-14H2,1-4H3,(H,24,27)(H,25,26). The predicted molar refractivity (Wildman–Crippen MR) is 111 cm³/mol. The molecule has 0 saturated heterocycles. The normalized spacial score (nSPS) is 11.1. The number of aryl methyl sites for hydroxylation is 1. The molecule has 0 heterocycles. The van der Waals surface area contributed by atoms with Crippen LogP contribution in [0.25, 0.3) is 0 Å². The van der Waals surface area contributed by atoms with Gasteiger partial charge in [-0.3, -0.25) is 9.59 Å². The molecule has 0 saturated carbocycles. The molecule has 28 heavy (non-hydrogen) atoms. The topological polar surface area (TPSA) is 75.6 Å². The quantitative estimate of drug-likeness (QED) is 0.669. The maximum atomic E-state index is 12.7. The maximum absolute atomic E-state index is 12.7. The molecule has 0 fully saturated rings. The molecular formula is C23H29NO4. The van der Waals surface area contributed by atoms with Crippen molar-refractivity contribution in [3.8, 4) is 5.75 Å². The SMILES string of the molecule is CCCOc1ccc(CCC(=O)O)cc1NC(=O)c1ccc(C(C)(C)C)cc1. The monoisotopic (exact) mass is 383 g/mol. The second-order valence-corrected chi connectivity index (χ2v) is 7.85. The van der Waals surface area contributed by atoms with Gasteiger partial charge >= 0.3 is 5.97 Å². The molecule has 0 radical (unpaired) electrons. The fourth-order valence-electron chi connectivity index (χ4n) is 2.74. The van der Waals surface area contributed by atoms with Crippen molar-refractivity contribution in [3.05, 3.63) is 59.2 Å². The molecule has 1 amide bonds.